The molecule has 0 spiro atoms. The Balaban J connectivity index is 1.14. The topological polar surface area (TPSA) is 119 Å². The van der Waals surface area contributed by atoms with Gasteiger partial charge in [-0.15, -0.1) is 0 Å². The minimum Gasteiger partial charge on any atom is -0.481 e. The maximum Gasteiger partial charge on any atom is 0.306 e. The third-order valence-electron chi connectivity index (χ3n) is 10.3. The lowest BCUT2D eigenvalue weighted by atomic mass is 9.86. The fraction of sp³-hybridized carbons (Fsp3) is 0.349. The maximum absolute atomic E-state index is 13.9. The number of hydrogen-bond acceptors (Lipinski definition) is 7. The van der Waals surface area contributed by atoms with Crippen molar-refractivity contribution in [1.82, 2.24) is 4.31 Å². The molecule has 3 N–H and O–H groups in total. The van der Waals surface area contributed by atoms with Crippen molar-refractivity contribution in [2.45, 2.75) is 75.6 Å². The first-order valence-electron chi connectivity index (χ1n) is 18.7. The molecule has 1 aliphatic heterocycles. The number of carboxylic acids is 1. The van der Waals surface area contributed by atoms with E-state index in [0.717, 1.165) is 86.2 Å². The van der Waals surface area contributed by atoms with Gasteiger partial charge in [0, 0.05) is 53.1 Å². The van der Waals surface area contributed by atoms with Gasteiger partial charge in [-0.3, -0.25) is 19.2 Å². The van der Waals surface area contributed by atoms with Crippen LogP contribution >= 0.6 is 11.9 Å². The van der Waals surface area contributed by atoms with Crippen molar-refractivity contribution in [3.63, 3.8) is 0 Å². The standard InChI is InChI=1S/C43H48N4O5S/c1-2-47(36-21-17-33(18-22-36)43(51)52)53-38-8-6-7-34(27-38)41(49)45-40-24-23-37(46-25-4-3-5-26-46)28-39(40)42(50)44-35-19-15-31(16-20-35)10-9-30-11-13-32(29-48)14-12-30/h6-8,11-16,19-20,23-24,27-29,33,36H,2-5,9-10,17-18,21-22,25-26H2,1H3,(H,44,50)(H,45,49)(H,51,52). The summed E-state index contributed by atoms with van der Waals surface area (Å²) in [6, 6.07) is 28.9. The fourth-order valence-corrected chi connectivity index (χ4v) is 8.29. The number of benzene rings is 4. The van der Waals surface area contributed by atoms with Crippen LogP contribution in [-0.2, 0) is 17.6 Å². The van der Waals surface area contributed by atoms with Crippen LogP contribution in [0.15, 0.2) is 95.9 Å². The van der Waals surface area contributed by atoms with Gasteiger partial charge in [-0.25, -0.2) is 4.31 Å². The molecule has 276 valence electrons. The Morgan fingerprint density at radius 2 is 1.49 bits per heavy atom. The first-order chi connectivity index (χ1) is 25.8. The van der Waals surface area contributed by atoms with Crippen molar-refractivity contribution in [3.8, 4) is 0 Å². The average Bonchev–Trinajstić information content (AvgIpc) is 3.20. The Bertz CT molecular complexity index is 1880. The molecule has 1 saturated heterocycles. The smallest absolute Gasteiger partial charge is 0.306 e. The number of hydrogen-bond donors (Lipinski definition) is 3. The second-order valence-electron chi connectivity index (χ2n) is 13.9. The first kappa shape index (κ1) is 37.8. The van der Waals surface area contributed by atoms with E-state index in [-0.39, 0.29) is 23.8 Å². The summed E-state index contributed by atoms with van der Waals surface area (Å²) in [5.41, 5.74) is 5.89. The minimum absolute atomic E-state index is 0.264. The van der Waals surface area contributed by atoms with E-state index in [1.54, 1.807) is 18.0 Å². The van der Waals surface area contributed by atoms with Crippen LogP contribution < -0.4 is 15.5 Å². The second-order valence-corrected chi connectivity index (χ2v) is 15.1. The van der Waals surface area contributed by atoms with Gasteiger partial charge in [0.15, 0.2) is 0 Å². The molecular formula is C43H48N4O5S. The van der Waals surface area contributed by atoms with E-state index >= 15 is 0 Å². The van der Waals surface area contributed by atoms with E-state index in [4.69, 9.17) is 0 Å². The molecule has 4 aromatic rings. The van der Waals surface area contributed by atoms with Gasteiger partial charge in [0.05, 0.1) is 17.2 Å². The highest BCUT2D eigenvalue weighted by molar-refractivity contribution is 7.97. The van der Waals surface area contributed by atoms with Crippen LogP contribution in [0.25, 0.3) is 0 Å². The van der Waals surface area contributed by atoms with Gasteiger partial charge >= 0.3 is 5.97 Å². The van der Waals surface area contributed by atoms with Gasteiger partial charge in [0.1, 0.15) is 6.29 Å². The number of aliphatic carboxylic acids is 1. The molecule has 2 fully saturated rings. The van der Waals surface area contributed by atoms with Crippen LogP contribution in [-0.4, -0.2) is 59.2 Å². The Hall–Kier alpha value is -4.93. The molecule has 0 aromatic heterocycles. The van der Waals surface area contributed by atoms with E-state index in [0.29, 0.717) is 40.9 Å². The predicted octanol–water partition coefficient (Wildman–Crippen LogP) is 8.75. The van der Waals surface area contributed by atoms with Gasteiger partial charge in [0.25, 0.3) is 11.8 Å². The van der Waals surface area contributed by atoms with Gasteiger partial charge < -0.3 is 20.6 Å². The fourth-order valence-electron chi connectivity index (χ4n) is 7.21. The molecule has 6 rings (SSSR count). The zero-order valence-corrected chi connectivity index (χ0v) is 31.1. The summed E-state index contributed by atoms with van der Waals surface area (Å²) in [7, 11) is 0. The van der Waals surface area contributed by atoms with E-state index in [2.05, 4.69) is 26.8 Å². The molecule has 2 aliphatic rings. The number of nitrogens with zero attached hydrogens (tertiary/aromatic N) is 2. The number of carboxylic acid groups (broad SMARTS) is 1. The van der Waals surface area contributed by atoms with Crippen molar-refractivity contribution < 1.29 is 24.3 Å². The zero-order valence-electron chi connectivity index (χ0n) is 30.3. The van der Waals surface area contributed by atoms with Crippen molar-refractivity contribution >= 4 is 53.1 Å². The van der Waals surface area contributed by atoms with E-state index < -0.39 is 5.97 Å². The molecule has 53 heavy (non-hydrogen) atoms. The van der Waals surface area contributed by atoms with E-state index in [1.807, 2.05) is 84.9 Å². The number of piperidine rings is 1. The lowest BCUT2D eigenvalue weighted by Gasteiger charge is -2.34. The van der Waals surface area contributed by atoms with Crippen molar-refractivity contribution in [2.24, 2.45) is 5.92 Å². The highest BCUT2D eigenvalue weighted by atomic mass is 32.2. The zero-order chi connectivity index (χ0) is 37.2. The number of aryl methyl sites for hydroxylation is 2. The summed E-state index contributed by atoms with van der Waals surface area (Å²) < 4.78 is 2.29. The maximum atomic E-state index is 13.9. The second kappa shape index (κ2) is 18.2. The van der Waals surface area contributed by atoms with Crippen LogP contribution in [0.4, 0.5) is 17.1 Å². The number of nitrogens with one attached hydrogen (secondary N) is 2. The number of anilines is 3. The van der Waals surface area contributed by atoms with Gasteiger partial charge in [-0.2, -0.15) is 0 Å². The Morgan fingerprint density at radius 3 is 2.13 bits per heavy atom. The van der Waals surface area contributed by atoms with Gasteiger partial charge in [-0.1, -0.05) is 49.4 Å². The number of carbonyl (C=O) groups is 4. The molecule has 0 radical (unpaired) electrons. The molecule has 0 unspecified atom stereocenters. The van der Waals surface area contributed by atoms with Crippen molar-refractivity contribution in [2.75, 3.05) is 35.2 Å². The molecule has 0 atom stereocenters. The quantitative estimate of drug-likeness (QED) is 0.0870. The summed E-state index contributed by atoms with van der Waals surface area (Å²) in [6.07, 6.45) is 8.93. The number of carbonyl (C=O) groups excluding carboxylic acids is 3. The average molecular weight is 733 g/mol. The predicted molar refractivity (Wildman–Crippen MR) is 212 cm³/mol. The SMILES string of the molecule is CCN(Sc1cccc(C(=O)Nc2ccc(N3CCCCC3)cc2C(=O)Nc2ccc(CCc3ccc(C=O)cc3)cc2)c1)C1CCC(C(=O)O)CC1. The summed E-state index contributed by atoms with van der Waals surface area (Å²) in [5, 5.41) is 15.5. The number of aldehydes is 1. The summed E-state index contributed by atoms with van der Waals surface area (Å²) in [4.78, 5) is 53.3. The molecule has 9 nitrogen and oxygen atoms in total. The largest absolute Gasteiger partial charge is 0.481 e. The van der Waals surface area contributed by atoms with E-state index in [1.165, 1.54) is 6.42 Å². The Labute approximate surface area is 316 Å². The monoisotopic (exact) mass is 732 g/mol. The highest BCUT2D eigenvalue weighted by Crippen LogP contribution is 2.34. The molecule has 1 heterocycles. The van der Waals surface area contributed by atoms with Crippen LogP contribution in [0.5, 0.6) is 0 Å². The first-order valence-corrected chi connectivity index (χ1v) is 19.5. The third-order valence-corrected chi connectivity index (χ3v) is 11.6. The molecule has 1 saturated carbocycles. The van der Waals surface area contributed by atoms with E-state index in [9.17, 15) is 24.3 Å². The Morgan fingerprint density at radius 1 is 0.811 bits per heavy atom. The van der Waals surface area contributed by atoms with Crippen molar-refractivity contribution in [1.29, 1.82) is 0 Å². The summed E-state index contributed by atoms with van der Waals surface area (Å²) in [5.74, 6) is -1.58. The molecule has 10 heteroatoms. The molecular weight excluding hydrogens is 685 g/mol. The van der Waals surface area contributed by atoms with Crippen molar-refractivity contribution in [3.05, 3.63) is 119 Å². The third kappa shape index (κ3) is 10.1. The Kier molecular flexibility index (Phi) is 13.0. The molecule has 4 aromatic carbocycles. The minimum atomic E-state index is -0.707. The van der Waals surface area contributed by atoms with Crippen LogP contribution in [0.2, 0.25) is 0 Å². The van der Waals surface area contributed by atoms with Crippen LogP contribution in [0, 0.1) is 5.92 Å². The van der Waals surface area contributed by atoms with Crippen LogP contribution in [0.1, 0.15) is 94.1 Å². The number of amides is 2. The number of rotatable bonds is 14. The van der Waals surface area contributed by atoms with Crippen LogP contribution in [0.3, 0.4) is 0 Å². The summed E-state index contributed by atoms with van der Waals surface area (Å²) >= 11 is 1.60. The molecule has 0 bridgehead atoms. The highest BCUT2D eigenvalue weighted by Gasteiger charge is 2.29. The molecule has 2 amide bonds. The lowest BCUT2D eigenvalue weighted by molar-refractivity contribution is -0.143. The summed E-state index contributed by atoms with van der Waals surface area (Å²) in [6.45, 7) is 4.75. The normalized spacial score (nSPS) is 17.3. The van der Waals surface area contributed by atoms with Gasteiger partial charge in [-0.05, 0) is 129 Å². The molecule has 1 aliphatic carbocycles. The van der Waals surface area contributed by atoms with Gasteiger partial charge in [0.2, 0.25) is 0 Å². The lowest BCUT2D eigenvalue weighted by Crippen LogP contribution is -2.34.